The lowest BCUT2D eigenvalue weighted by molar-refractivity contribution is -0.140. The molecule has 0 spiro atoms. The number of hydrogen-bond acceptors (Lipinski definition) is 6. The van der Waals surface area contributed by atoms with Crippen LogP contribution in [0.5, 0.6) is 11.5 Å². The third-order valence-corrected chi connectivity index (χ3v) is 8.19. The summed E-state index contributed by atoms with van der Waals surface area (Å²) in [4.78, 5) is 29.4. The topological polar surface area (TPSA) is 105 Å². The van der Waals surface area contributed by atoms with Crippen LogP contribution in [0.1, 0.15) is 31.9 Å². The second-order valence-corrected chi connectivity index (χ2v) is 13.8. The van der Waals surface area contributed by atoms with Gasteiger partial charge in [-0.15, -0.1) is 0 Å². The number of carbonyl (C=O) groups excluding carboxylic acids is 2. The molecule has 0 heterocycles. The van der Waals surface area contributed by atoms with Crippen LogP contribution in [0.3, 0.4) is 0 Å². The highest BCUT2D eigenvalue weighted by Crippen LogP contribution is 2.33. The van der Waals surface area contributed by atoms with E-state index in [9.17, 15) is 18.0 Å². The van der Waals surface area contributed by atoms with Crippen LogP contribution >= 0.6 is 23.2 Å². The molecule has 3 aromatic carbocycles. The summed E-state index contributed by atoms with van der Waals surface area (Å²) in [5.74, 6) is -0.327. The number of carbonyl (C=O) groups is 2. The Balaban J connectivity index is 2.12. The summed E-state index contributed by atoms with van der Waals surface area (Å²) in [6, 6.07) is 17.7. The minimum absolute atomic E-state index is 0.0760. The molecule has 9 nitrogen and oxygen atoms in total. The Labute approximate surface area is 263 Å². The smallest absolute Gasteiger partial charge is 0.244 e. The second kappa shape index (κ2) is 14.3. The quantitative estimate of drug-likeness (QED) is 0.284. The van der Waals surface area contributed by atoms with Crippen molar-refractivity contribution in [1.82, 2.24) is 10.2 Å². The second-order valence-electron chi connectivity index (χ2n) is 11.0. The zero-order chi connectivity index (χ0) is 31.9. The van der Waals surface area contributed by atoms with Crippen molar-refractivity contribution in [1.29, 1.82) is 0 Å². The van der Waals surface area contributed by atoms with Crippen LogP contribution in [0.15, 0.2) is 66.7 Å². The fourth-order valence-corrected chi connectivity index (χ4v) is 5.74. The number of amides is 2. The number of benzene rings is 3. The first kappa shape index (κ1) is 34.0. The number of nitrogens with zero attached hydrogens (tertiary/aromatic N) is 2. The molecule has 0 bridgehead atoms. The van der Waals surface area contributed by atoms with E-state index in [1.54, 1.807) is 24.3 Å². The van der Waals surface area contributed by atoms with Crippen LogP contribution < -0.4 is 19.1 Å². The van der Waals surface area contributed by atoms with E-state index in [0.717, 1.165) is 16.1 Å². The van der Waals surface area contributed by atoms with Gasteiger partial charge < -0.3 is 19.7 Å². The van der Waals surface area contributed by atoms with Gasteiger partial charge in [0.15, 0.2) is 11.5 Å². The van der Waals surface area contributed by atoms with E-state index in [4.69, 9.17) is 32.7 Å². The van der Waals surface area contributed by atoms with Crippen LogP contribution in [0.25, 0.3) is 0 Å². The van der Waals surface area contributed by atoms with Gasteiger partial charge in [-0.25, -0.2) is 8.42 Å². The summed E-state index contributed by atoms with van der Waals surface area (Å²) >= 11 is 12.6. The lowest BCUT2D eigenvalue weighted by atomic mass is 10.0. The first-order chi connectivity index (χ1) is 20.1. The third-order valence-electron chi connectivity index (χ3n) is 6.46. The molecule has 43 heavy (non-hydrogen) atoms. The predicted molar refractivity (Wildman–Crippen MR) is 171 cm³/mol. The minimum Gasteiger partial charge on any atom is -0.493 e. The van der Waals surface area contributed by atoms with Gasteiger partial charge in [-0.05, 0) is 56.2 Å². The van der Waals surface area contributed by atoms with Gasteiger partial charge in [-0.3, -0.25) is 13.9 Å². The Bertz CT molecular complexity index is 1540. The number of nitrogens with one attached hydrogen (secondary N) is 1. The summed E-state index contributed by atoms with van der Waals surface area (Å²) in [7, 11) is -1.08. The molecule has 0 aromatic heterocycles. The predicted octanol–water partition coefficient (Wildman–Crippen LogP) is 5.33. The number of anilines is 1. The Morgan fingerprint density at radius 1 is 0.930 bits per heavy atom. The number of hydrogen-bond donors (Lipinski definition) is 1. The standard InChI is InChI=1S/C31H37Cl2N3O6S/c1-31(2,3)34-30(38)26(16-21-10-8-7-9-11-21)35(19-22-12-13-23(32)17-25(22)33)29(37)20-36(43(6,39)40)24-14-15-27(41-4)28(18-24)42-5/h7-15,17-18,26H,16,19-20H2,1-6H3,(H,34,38)/t26-/m1/s1. The molecule has 0 saturated heterocycles. The van der Waals surface area contributed by atoms with E-state index in [-0.39, 0.29) is 24.4 Å². The van der Waals surface area contributed by atoms with Crippen molar-refractivity contribution in [2.75, 3.05) is 31.3 Å². The number of sulfonamides is 1. The van der Waals surface area contributed by atoms with Crippen LogP contribution in [0.4, 0.5) is 5.69 Å². The van der Waals surface area contributed by atoms with E-state index < -0.39 is 40.0 Å². The van der Waals surface area contributed by atoms with E-state index in [0.29, 0.717) is 21.4 Å². The summed E-state index contributed by atoms with van der Waals surface area (Å²) < 4.78 is 37.7. The summed E-state index contributed by atoms with van der Waals surface area (Å²) in [5, 5.41) is 3.70. The van der Waals surface area contributed by atoms with Crippen LogP contribution in [-0.4, -0.2) is 63.7 Å². The highest BCUT2D eigenvalue weighted by atomic mass is 35.5. The van der Waals surface area contributed by atoms with Crippen LogP contribution in [-0.2, 0) is 32.6 Å². The molecule has 0 aliphatic heterocycles. The first-order valence-corrected chi connectivity index (χ1v) is 16.0. The number of rotatable bonds is 12. The average Bonchev–Trinajstić information content (AvgIpc) is 2.93. The number of methoxy groups -OCH3 is 2. The van der Waals surface area contributed by atoms with Gasteiger partial charge in [0.25, 0.3) is 0 Å². The highest BCUT2D eigenvalue weighted by Gasteiger charge is 2.34. The van der Waals surface area contributed by atoms with Gasteiger partial charge in [-0.1, -0.05) is 59.6 Å². The number of halogens is 2. The van der Waals surface area contributed by atoms with Crippen LogP contribution in [0, 0.1) is 0 Å². The molecule has 0 radical (unpaired) electrons. The lowest BCUT2D eigenvalue weighted by Crippen LogP contribution is -2.56. The zero-order valence-corrected chi connectivity index (χ0v) is 27.4. The summed E-state index contributed by atoms with van der Waals surface area (Å²) in [6.45, 7) is 4.86. The van der Waals surface area contributed by atoms with E-state index in [2.05, 4.69) is 5.32 Å². The molecule has 3 rings (SSSR count). The van der Waals surface area contributed by atoms with Crippen molar-refractivity contribution in [3.05, 3.63) is 87.9 Å². The fourth-order valence-electron chi connectivity index (χ4n) is 4.43. The molecule has 12 heteroatoms. The van der Waals surface area contributed by atoms with Gasteiger partial charge in [0.05, 0.1) is 26.2 Å². The monoisotopic (exact) mass is 649 g/mol. The van der Waals surface area contributed by atoms with Crippen molar-refractivity contribution >= 4 is 50.7 Å². The van der Waals surface area contributed by atoms with E-state index in [1.807, 2.05) is 51.1 Å². The van der Waals surface area contributed by atoms with Crippen molar-refractivity contribution in [3.8, 4) is 11.5 Å². The molecule has 1 N–H and O–H groups in total. The normalized spacial score (nSPS) is 12.3. The molecule has 0 fully saturated rings. The van der Waals surface area contributed by atoms with Crippen molar-refractivity contribution in [3.63, 3.8) is 0 Å². The minimum atomic E-state index is -3.97. The SMILES string of the molecule is COc1ccc(N(CC(=O)N(Cc2ccc(Cl)cc2Cl)[C@H](Cc2ccccc2)C(=O)NC(C)(C)C)S(C)(=O)=O)cc1OC. The van der Waals surface area contributed by atoms with Gasteiger partial charge in [0.1, 0.15) is 12.6 Å². The lowest BCUT2D eigenvalue weighted by Gasteiger charge is -2.35. The Kier molecular flexibility index (Phi) is 11.3. The molecule has 232 valence electrons. The maximum absolute atomic E-state index is 14.3. The van der Waals surface area contributed by atoms with Gasteiger partial charge in [-0.2, -0.15) is 0 Å². The molecule has 0 unspecified atom stereocenters. The highest BCUT2D eigenvalue weighted by molar-refractivity contribution is 7.92. The van der Waals surface area contributed by atoms with Crippen molar-refractivity contribution < 1.29 is 27.5 Å². The molecular weight excluding hydrogens is 613 g/mol. The molecule has 0 aliphatic carbocycles. The zero-order valence-electron chi connectivity index (χ0n) is 25.1. The van der Waals surface area contributed by atoms with Crippen LogP contribution in [0.2, 0.25) is 10.0 Å². The summed E-state index contributed by atoms with van der Waals surface area (Å²) in [5.41, 5.74) is 0.947. The first-order valence-electron chi connectivity index (χ1n) is 13.4. The fraction of sp³-hybridized carbons (Fsp3) is 0.355. The largest absolute Gasteiger partial charge is 0.493 e. The molecule has 3 aromatic rings. The van der Waals surface area contributed by atoms with E-state index >= 15 is 0 Å². The number of ether oxygens (including phenoxy) is 2. The molecule has 1 atom stereocenters. The maximum atomic E-state index is 14.3. The average molecular weight is 651 g/mol. The van der Waals surface area contributed by atoms with Gasteiger partial charge in [0, 0.05) is 34.6 Å². The van der Waals surface area contributed by atoms with E-state index in [1.165, 1.54) is 31.3 Å². The molecule has 2 amide bonds. The Morgan fingerprint density at radius 2 is 1.58 bits per heavy atom. The molecule has 0 aliphatic rings. The van der Waals surface area contributed by atoms with Gasteiger partial charge in [0.2, 0.25) is 21.8 Å². The Hall–Kier alpha value is -3.47. The summed E-state index contributed by atoms with van der Waals surface area (Å²) in [6.07, 6.45) is 1.18. The third kappa shape index (κ3) is 9.51. The molecule has 0 saturated carbocycles. The van der Waals surface area contributed by atoms with Crippen molar-refractivity contribution in [2.24, 2.45) is 0 Å². The molecular formula is C31H37Cl2N3O6S. The van der Waals surface area contributed by atoms with Gasteiger partial charge >= 0.3 is 0 Å². The van der Waals surface area contributed by atoms with Crippen molar-refractivity contribution in [2.45, 2.75) is 45.3 Å². The maximum Gasteiger partial charge on any atom is 0.244 e. The Morgan fingerprint density at radius 3 is 2.14 bits per heavy atom.